The molecule has 0 bridgehead atoms. The highest BCUT2D eigenvalue weighted by atomic mass is 16.5. The van der Waals surface area contributed by atoms with Crippen LogP contribution in [0.25, 0.3) is 77.8 Å². The standard InChI is InChI=1S/C54H33N3O/c1-2-14-35(15-3-1)48-33-49(43-21-10-16-34-13-4-5-19-39(34)43)57-53(56-48)38-27-29-42-41-28-26-37(40-20-11-17-36-18-12-30-55-52(36)40)31-46(41)54(47(42)32-38)44-22-6-8-24-50(44)58-51-25-9-7-23-45(51)54/h1-33H. The molecule has 10 aromatic rings. The molecule has 0 N–H and O–H groups in total. The molecule has 270 valence electrons. The van der Waals surface area contributed by atoms with Gasteiger partial charge in [-0.2, -0.15) is 0 Å². The van der Waals surface area contributed by atoms with Crippen molar-refractivity contribution < 1.29 is 4.74 Å². The van der Waals surface area contributed by atoms with E-state index in [-0.39, 0.29) is 0 Å². The normalized spacial score (nSPS) is 13.1. The number of para-hydroxylation sites is 3. The first-order chi connectivity index (χ1) is 28.7. The van der Waals surface area contributed by atoms with Crippen LogP contribution in [0.1, 0.15) is 22.3 Å². The van der Waals surface area contributed by atoms with Crippen LogP contribution in [0.3, 0.4) is 0 Å². The largest absolute Gasteiger partial charge is 0.457 e. The Bertz CT molecular complexity index is 3220. The van der Waals surface area contributed by atoms with E-state index in [9.17, 15) is 0 Å². The summed E-state index contributed by atoms with van der Waals surface area (Å²) in [7, 11) is 0. The van der Waals surface area contributed by atoms with Gasteiger partial charge in [-0.15, -0.1) is 0 Å². The molecule has 1 spiro atoms. The molecule has 2 aliphatic rings. The predicted octanol–water partition coefficient (Wildman–Crippen LogP) is 13.3. The smallest absolute Gasteiger partial charge is 0.160 e. The first-order valence-corrected chi connectivity index (χ1v) is 19.7. The number of pyridine rings is 1. The second-order valence-corrected chi connectivity index (χ2v) is 15.1. The maximum absolute atomic E-state index is 6.71. The minimum atomic E-state index is -0.685. The molecule has 3 heterocycles. The second-order valence-electron chi connectivity index (χ2n) is 15.1. The molecule has 12 rings (SSSR count). The summed E-state index contributed by atoms with van der Waals surface area (Å²) in [4.78, 5) is 15.6. The second kappa shape index (κ2) is 12.7. The van der Waals surface area contributed by atoms with Gasteiger partial charge < -0.3 is 4.74 Å². The highest BCUT2D eigenvalue weighted by Gasteiger charge is 2.51. The number of aromatic nitrogens is 3. The number of rotatable bonds is 4. The van der Waals surface area contributed by atoms with E-state index in [2.05, 4.69) is 182 Å². The summed E-state index contributed by atoms with van der Waals surface area (Å²) in [6.07, 6.45) is 1.88. The van der Waals surface area contributed by atoms with Crippen molar-refractivity contribution in [3.8, 4) is 67.7 Å². The first kappa shape index (κ1) is 32.5. The molecule has 0 amide bonds. The monoisotopic (exact) mass is 739 g/mol. The first-order valence-electron chi connectivity index (χ1n) is 19.7. The van der Waals surface area contributed by atoms with Gasteiger partial charge in [-0.25, -0.2) is 9.97 Å². The Kier molecular flexibility index (Phi) is 7.11. The minimum Gasteiger partial charge on any atom is -0.457 e. The van der Waals surface area contributed by atoms with Crippen LogP contribution in [0.4, 0.5) is 0 Å². The van der Waals surface area contributed by atoms with Crippen molar-refractivity contribution in [3.05, 3.63) is 223 Å². The van der Waals surface area contributed by atoms with E-state index in [4.69, 9.17) is 19.7 Å². The molecule has 2 aromatic heterocycles. The van der Waals surface area contributed by atoms with Gasteiger partial charge in [-0.3, -0.25) is 4.98 Å². The number of benzene rings is 8. The fourth-order valence-electron chi connectivity index (χ4n) is 9.46. The Balaban J connectivity index is 1.13. The number of fused-ring (bicyclic) bond motifs is 11. The highest BCUT2D eigenvalue weighted by Crippen LogP contribution is 2.63. The topological polar surface area (TPSA) is 47.9 Å². The molecule has 1 aliphatic heterocycles. The Morgan fingerprint density at radius 3 is 1.78 bits per heavy atom. The van der Waals surface area contributed by atoms with Crippen molar-refractivity contribution in [3.63, 3.8) is 0 Å². The molecule has 0 saturated carbocycles. The van der Waals surface area contributed by atoms with Gasteiger partial charge in [0.1, 0.15) is 11.5 Å². The predicted molar refractivity (Wildman–Crippen MR) is 234 cm³/mol. The van der Waals surface area contributed by atoms with Gasteiger partial charge in [0.25, 0.3) is 0 Å². The Morgan fingerprint density at radius 2 is 0.983 bits per heavy atom. The lowest BCUT2D eigenvalue weighted by Crippen LogP contribution is -2.32. The molecular weight excluding hydrogens is 707 g/mol. The molecule has 0 radical (unpaired) electrons. The van der Waals surface area contributed by atoms with Crippen LogP contribution in [0.5, 0.6) is 11.5 Å². The van der Waals surface area contributed by atoms with Crippen LogP contribution in [0, 0.1) is 0 Å². The summed E-state index contributed by atoms with van der Waals surface area (Å²) < 4.78 is 6.71. The van der Waals surface area contributed by atoms with Crippen molar-refractivity contribution in [2.24, 2.45) is 0 Å². The molecule has 58 heavy (non-hydrogen) atoms. The fraction of sp³-hybridized carbons (Fsp3) is 0.0185. The zero-order chi connectivity index (χ0) is 38.2. The average Bonchev–Trinajstić information content (AvgIpc) is 3.58. The van der Waals surface area contributed by atoms with Gasteiger partial charge in [0.05, 0.1) is 22.3 Å². The minimum absolute atomic E-state index is 0.675. The summed E-state index contributed by atoms with van der Waals surface area (Å²) in [5.41, 5.74) is 14.3. The lowest BCUT2D eigenvalue weighted by Gasteiger charge is -2.39. The average molecular weight is 740 g/mol. The lowest BCUT2D eigenvalue weighted by atomic mass is 9.65. The van der Waals surface area contributed by atoms with Gasteiger partial charge in [0.2, 0.25) is 0 Å². The number of hydrogen-bond donors (Lipinski definition) is 0. The van der Waals surface area contributed by atoms with E-state index < -0.39 is 5.41 Å². The molecule has 0 saturated heterocycles. The number of ether oxygens (including phenoxy) is 1. The summed E-state index contributed by atoms with van der Waals surface area (Å²) >= 11 is 0. The zero-order valence-corrected chi connectivity index (χ0v) is 31.3. The molecule has 4 heteroatoms. The van der Waals surface area contributed by atoms with Crippen LogP contribution in [0.15, 0.2) is 200 Å². The van der Waals surface area contributed by atoms with E-state index in [0.717, 1.165) is 78.1 Å². The van der Waals surface area contributed by atoms with E-state index in [1.165, 1.54) is 27.6 Å². The summed E-state index contributed by atoms with van der Waals surface area (Å²) in [5.74, 6) is 2.38. The summed E-state index contributed by atoms with van der Waals surface area (Å²) in [6.45, 7) is 0. The van der Waals surface area contributed by atoms with E-state index in [0.29, 0.717) is 5.82 Å². The van der Waals surface area contributed by atoms with E-state index >= 15 is 0 Å². The third kappa shape index (κ3) is 4.79. The molecule has 1 aliphatic carbocycles. The van der Waals surface area contributed by atoms with E-state index in [1.807, 2.05) is 18.3 Å². The maximum Gasteiger partial charge on any atom is 0.160 e. The zero-order valence-electron chi connectivity index (χ0n) is 31.3. The van der Waals surface area contributed by atoms with Crippen molar-refractivity contribution in [1.82, 2.24) is 15.0 Å². The van der Waals surface area contributed by atoms with Crippen molar-refractivity contribution in [1.29, 1.82) is 0 Å². The third-order valence-corrected chi connectivity index (χ3v) is 12.0. The number of nitrogens with zero attached hydrogens (tertiary/aromatic N) is 3. The molecule has 8 aromatic carbocycles. The lowest BCUT2D eigenvalue weighted by molar-refractivity contribution is 0.436. The quantitative estimate of drug-likeness (QED) is 0.180. The molecule has 0 unspecified atom stereocenters. The third-order valence-electron chi connectivity index (χ3n) is 12.0. The van der Waals surface area contributed by atoms with Gasteiger partial charge in [0, 0.05) is 45.0 Å². The SMILES string of the molecule is c1ccc(-c2cc(-c3cccc4ccccc34)nc(-c3ccc4c(c3)C3(c5ccccc5Oc5ccccc53)c3cc(-c5cccc6cccnc56)ccc3-4)n2)cc1. The van der Waals surface area contributed by atoms with Gasteiger partial charge >= 0.3 is 0 Å². The Labute approximate surface area is 335 Å². The Hall–Kier alpha value is -7.69. The van der Waals surface area contributed by atoms with Crippen LogP contribution in [0.2, 0.25) is 0 Å². The maximum atomic E-state index is 6.71. The summed E-state index contributed by atoms with van der Waals surface area (Å²) in [5, 5.41) is 3.45. The Morgan fingerprint density at radius 1 is 0.379 bits per heavy atom. The molecular formula is C54H33N3O. The van der Waals surface area contributed by atoms with Crippen LogP contribution < -0.4 is 4.74 Å². The fourth-order valence-corrected chi connectivity index (χ4v) is 9.46. The van der Waals surface area contributed by atoms with Crippen LogP contribution >= 0.6 is 0 Å². The van der Waals surface area contributed by atoms with Gasteiger partial charge in [0.15, 0.2) is 5.82 Å². The van der Waals surface area contributed by atoms with Gasteiger partial charge in [-0.1, -0.05) is 158 Å². The highest BCUT2D eigenvalue weighted by molar-refractivity contribution is 5.98. The molecule has 4 nitrogen and oxygen atoms in total. The van der Waals surface area contributed by atoms with E-state index in [1.54, 1.807) is 0 Å². The molecule has 0 fully saturated rings. The molecule has 0 atom stereocenters. The van der Waals surface area contributed by atoms with Gasteiger partial charge in [-0.05, 0) is 75.0 Å². The van der Waals surface area contributed by atoms with Crippen LogP contribution in [-0.4, -0.2) is 15.0 Å². The van der Waals surface area contributed by atoms with Crippen molar-refractivity contribution >= 4 is 21.7 Å². The van der Waals surface area contributed by atoms with Crippen molar-refractivity contribution in [2.75, 3.05) is 0 Å². The summed E-state index contributed by atoms with van der Waals surface area (Å²) in [6, 6.07) is 68.8. The van der Waals surface area contributed by atoms with Crippen molar-refractivity contribution in [2.45, 2.75) is 5.41 Å². The number of hydrogen-bond acceptors (Lipinski definition) is 4. The van der Waals surface area contributed by atoms with Crippen LogP contribution in [-0.2, 0) is 5.41 Å².